The van der Waals surface area contributed by atoms with Crippen LogP contribution in [0.15, 0.2) is 16.0 Å². The molecule has 0 radical (unpaired) electrons. The Labute approximate surface area is 151 Å². The van der Waals surface area contributed by atoms with E-state index in [1.807, 2.05) is 0 Å². The second kappa shape index (κ2) is 5.82. The van der Waals surface area contributed by atoms with Crippen molar-refractivity contribution in [1.82, 2.24) is 19.9 Å². The Morgan fingerprint density at radius 2 is 2.42 bits per heavy atom. The van der Waals surface area contributed by atoms with Crippen LogP contribution in [-0.2, 0) is 23.8 Å². The van der Waals surface area contributed by atoms with Crippen LogP contribution in [0.4, 0.5) is 4.79 Å². The summed E-state index contributed by atoms with van der Waals surface area (Å²) in [6, 6.07) is 1.81. The van der Waals surface area contributed by atoms with Crippen LogP contribution in [-0.4, -0.2) is 44.2 Å². The minimum absolute atomic E-state index is 0.350. The number of carbonyl (C=O) groups is 1. The highest BCUT2D eigenvalue weighted by molar-refractivity contribution is 9.11. The highest BCUT2D eigenvalue weighted by atomic mass is 79.9. The molecule has 7 nitrogen and oxygen atoms in total. The van der Waals surface area contributed by atoms with Crippen molar-refractivity contribution in [2.45, 2.75) is 30.9 Å². The first-order chi connectivity index (χ1) is 11.5. The summed E-state index contributed by atoms with van der Waals surface area (Å²) in [6.07, 6.45) is 2.99. The van der Waals surface area contributed by atoms with E-state index in [1.54, 1.807) is 29.3 Å². The van der Waals surface area contributed by atoms with Gasteiger partial charge in [0.1, 0.15) is 11.3 Å². The van der Waals surface area contributed by atoms with Gasteiger partial charge < -0.3 is 9.84 Å². The Kier molecular flexibility index (Phi) is 3.89. The van der Waals surface area contributed by atoms with Gasteiger partial charge in [-0.1, -0.05) is 5.21 Å². The molecule has 2 aromatic rings. The summed E-state index contributed by atoms with van der Waals surface area (Å²) in [5, 5.41) is 17.7. The number of hydrogen-bond acceptors (Lipinski definition) is 5. The van der Waals surface area contributed by atoms with E-state index in [1.165, 1.54) is 15.3 Å². The van der Waals surface area contributed by atoms with Crippen molar-refractivity contribution >= 4 is 33.4 Å². The molecule has 4 rings (SSSR count). The number of aromatic nitrogens is 3. The summed E-state index contributed by atoms with van der Waals surface area (Å²) < 4.78 is 8.94. The zero-order valence-corrected chi connectivity index (χ0v) is 15.5. The number of fused-ring (bicyclic) bond motifs is 2. The van der Waals surface area contributed by atoms with Crippen LogP contribution in [0, 0.1) is 0 Å². The smallest absolute Gasteiger partial charge is 0.407 e. The fraction of sp³-hybridized carbons (Fsp3) is 0.533. The number of aryl methyl sites for hydroxylation is 1. The van der Waals surface area contributed by atoms with Gasteiger partial charge in [-0.15, -0.1) is 16.4 Å². The van der Waals surface area contributed by atoms with E-state index >= 15 is 0 Å². The van der Waals surface area contributed by atoms with Gasteiger partial charge >= 0.3 is 6.09 Å². The Morgan fingerprint density at radius 3 is 3.12 bits per heavy atom. The molecule has 128 valence electrons. The summed E-state index contributed by atoms with van der Waals surface area (Å²) in [5.74, 6) is 0. The lowest BCUT2D eigenvalue weighted by Gasteiger charge is -2.46. The standard InChI is InChI=1S/C15H17BrN4O3S/c1-19-8-10(17-18-19)11-7-15(3-4-20(11)14(21)22)13-9(2-5-23-15)6-12(16)24-13/h6,8,11H,2-5,7H2,1H3,(H,21,22)/t11?,15-/m0/s1. The number of thiophene rings is 1. The van der Waals surface area contributed by atoms with Crippen molar-refractivity contribution < 1.29 is 14.6 Å². The molecule has 9 heteroatoms. The Balaban J connectivity index is 1.74. The summed E-state index contributed by atoms with van der Waals surface area (Å²) >= 11 is 5.27. The topological polar surface area (TPSA) is 80.5 Å². The zero-order chi connectivity index (χ0) is 16.9. The molecule has 1 saturated heterocycles. The third-order valence-corrected chi connectivity index (χ3v) is 6.67. The number of amides is 1. The molecular formula is C15H17BrN4O3S. The van der Waals surface area contributed by atoms with E-state index in [-0.39, 0.29) is 6.04 Å². The molecule has 1 amide bonds. The molecule has 0 bridgehead atoms. The van der Waals surface area contributed by atoms with Crippen molar-refractivity contribution in [2.24, 2.45) is 7.05 Å². The van der Waals surface area contributed by atoms with Gasteiger partial charge in [0.05, 0.1) is 22.6 Å². The maximum atomic E-state index is 11.7. The molecule has 1 unspecified atom stereocenters. The average Bonchev–Trinajstić information content (AvgIpc) is 3.13. The number of nitrogens with zero attached hydrogens (tertiary/aromatic N) is 4. The van der Waals surface area contributed by atoms with Crippen molar-refractivity contribution in [1.29, 1.82) is 0 Å². The number of ether oxygens (including phenoxy) is 1. The molecule has 24 heavy (non-hydrogen) atoms. The highest BCUT2D eigenvalue weighted by Gasteiger charge is 2.48. The molecule has 0 aliphatic carbocycles. The van der Waals surface area contributed by atoms with Crippen LogP contribution in [0.1, 0.15) is 35.0 Å². The number of hydrogen-bond donors (Lipinski definition) is 1. The fourth-order valence-corrected chi connectivity index (χ4v) is 5.60. The Bertz CT molecular complexity index is 792. The normalized spacial score (nSPS) is 26.6. The molecule has 4 heterocycles. The number of carboxylic acid groups (broad SMARTS) is 1. The second-order valence-electron chi connectivity index (χ2n) is 6.26. The molecule has 2 atom stereocenters. The monoisotopic (exact) mass is 412 g/mol. The van der Waals surface area contributed by atoms with Gasteiger partial charge in [0.2, 0.25) is 0 Å². The molecule has 1 spiro atoms. The molecule has 0 aromatic carbocycles. The maximum Gasteiger partial charge on any atom is 0.407 e. The first kappa shape index (κ1) is 16.0. The van der Waals surface area contributed by atoms with Crippen molar-refractivity contribution in [2.75, 3.05) is 13.2 Å². The fourth-order valence-electron chi connectivity index (χ4n) is 3.72. The lowest BCUT2D eigenvalue weighted by atomic mass is 9.81. The van der Waals surface area contributed by atoms with E-state index in [2.05, 4.69) is 32.3 Å². The van der Waals surface area contributed by atoms with Crippen molar-refractivity contribution in [3.63, 3.8) is 0 Å². The Hall–Kier alpha value is -1.45. The third kappa shape index (κ3) is 2.55. The third-order valence-electron chi connectivity index (χ3n) is 4.81. The van der Waals surface area contributed by atoms with Gasteiger partial charge in [0.25, 0.3) is 0 Å². The van der Waals surface area contributed by atoms with E-state index in [0.29, 0.717) is 31.7 Å². The van der Waals surface area contributed by atoms with Crippen LogP contribution >= 0.6 is 27.3 Å². The van der Waals surface area contributed by atoms with Crippen molar-refractivity contribution in [3.8, 4) is 0 Å². The average molecular weight is 413 g/mol. The highest BCUT2D eigenvalue weighted by Crippen LogP contribution is 2.50. The molecular weight excluding hydrogens is 396 g/mol. The van der Waals surface area contributed by atoms with Crippen LogP contribution < -0.4 is 0 Å². The van der Waals surface area contributed by atoms with Gasteiger partial charge in [-0.2, -0.15) is 0 Å². The predicted molar refractivity (Wildman–Crippen MR) is 91.1 cm³/mol. The van der Waals surface area contributed by atoms with Gasteiger partial charge in [-0.3, -0.25) is 9.58 Å². The zero-order valence-electron chi connectivity index (χ0n) is 13.1. The SMILES string of the molecule is Cn1cc(C2C[C@]3(CCN2C(=O)O)OCCc2cc(Br)sc23)nn1. The predicted octanol–water partition coefficient (Wildman–Crippen LogP) is 2.92. The van der Waals surface area contributed by atoms with Crippen LogP contribution in [0.5, 0.6) is 0 Å². The van der Waals surface area contributed by atoms with Gasteiger partial charge in [0, 0.05) is 24.9 Å². The summed E-state index contributed by atoms with van der Waals surface area (Å²) in [5.41, 5.74) is 1.54. The van der Waals surface area contributed by atoms with Crippen LogP contribution in [0.2, 0.25) is 0 Å². The number of rotatable bonds is 1. The first-order valence-corrected chi connectivity index (χ1v) is 9.38. The number of halogens is 1. The van der Waals surface area contributed by atoms with Crippen molar-refractivity contribution in [3.05, 3.63) is 32.2 Å². The lowest BCUT2D eigenvalue weighted by Crippen LogP contribution is -2.49. The molecule has 2 aliphatic heterocycles. The van der Waals surface area contributed by atoms with E-state index in [0.717, 1.165) is 10.2 Å². The summed E-state index contributed by atoms with van der Waals surface area (Å²) in [6.45, 7) is 1.09. The van der Waals surface area contributed by atoms with Crippen LogP contribution in [0.25, 0.3) is 0 Å². The molecule has 0 saturated carbocycles. The molecule has 2 aliphatic rings. The van der Waals surface area contributed by atoms with E-state index in [4.69, 9.17) is 4.74 Å². The van der Waals surface area contributed by atoms with E-state index < -0.39 is 11.7 Å². The van der Waals surface area contributed by atoms with Gasteiger partial charge in [-0.05, 0) is 40.4 Å². The first-order valence-electron chi connectivity index (χ1n) is 7.77. The molecule has 1 fully saturated rings. The molecule has 2 aromatic heterocycles. The minimum Gasteiger partial charge on any atom is -0.465 e. The quantitative estimate of drug-likeness (QED) is 0.778. The summed E-state index contributed by atoms with van der Waals surface area (Å²) in [7, 11) is 1.78. The van der Waals surface area contributed by atoms with E-state index in [9.17, 15) is 9.90 Å². The number of likely N-dealkylation sites (tertiary alicyclic amines) is 1. The largest absolute Gasteiger partial charge is 0.465 e. The number of piperidine rings is 1. The van der Waals surface area contributed by atoms with Gasteiger partial charge in [-0.25, -0.2) is 4.79 Å². The lowest BCUT2D eigenvalue weighted by molar-refractivity contribution is -0.107. The van der Waals surface area contributed by atoms with Crippen LogP contribution in [0.3, 0.4) is 0 Å². The summed E-state index contributed by atoms with van der Waals surface area (Å²) in [4.78, 5) is 14.4. The Morgan fingerprint density at radius 1 is 1.58 bits per heavy atom. The maximum absolute atomic E-state index is 11.7. The minimum atomic E-state index is -0.927. The molecule has 1 N–H and O–H groups in total. The van der Waals surface area contributed by atoms with Gasteiger partial charge in [0.15, 0.2) is 0 Å². The second-order valence-corrected chi connectivity index (χ2v) is 8.69.